The Morgan fingerprint density at radius 3 is 1.92 bits per heavy atom. The molecular formula is C4H12N2O4PtS. The molecule has 1 rings (SSSR count). The van der Waals surface area contributed by atoms with Gasteiger partial charge < -0.3 is 11.1 Å². The monoisotopic (exact) mass is 379 g/mol. The van der Waals surface area contributed by atoms with Crippen LogP contribution in [0.3, 0.4) is 0 Å². The third-order valence-corrected chi connectivity index (χ3v) is 1.10. The Kier molecular flexibility index (Phi) is 8.66. The zero-order chi connectivity index (χ0) is 8.91. The third kappa shape index (κ3) is 16.8. The fraction of sp³-hybridized carbons (Fsp3) is 1.00. The molecule has 0 aromatic carbocycles. The van der Waals surface area contributed by atoms with Gasteiger partial charge in [-0.1, -0.05) is 0 Å². The smallest absolute Gasteiger partial charge is 0.316 e. The Bertz CT molecular complexity index is 181. The summed E-state index contributed by atoms with van der Waals surface area (Å²) < 4.78 is 31.6. The predicted octanol–water partition coefficient (Wildman–Crippen LogP) is -1.00. The van der Waals surface area contributed by atoms with E-state index in [2.05, 4.69) is 5.32 Å². The molecule has 12 heavy (non-hydrogen) atoms. The molecule has 1 aliphatic heterocycles. The van der Waals surface area contributed by atoms with Gasteiger partial charge in [-0.25, -0.2) is 0 Å². The van der Waals surface area contributed by atoms with Gasteiger partial charge in [-0.15, -0.1) is 0 Å². The van der Waals surface area contributed by atoms with Crippen LogP contribution in [0.5, 0.6) is 0 Å². The van der Waals surface area contributed by atoms with E-state index in [9.17, 15) is 0 Å². The Balaban J connectivity index is 0. The van der Waals surface area contributed by atoms with Crippen molar-refractivity contribution in [1.29, 1.82) is 0 Å². The Labute approximate surface area is 85.7 Å². The number of rotatable bonds is 0. The van der Waals surface area contributed by atoms with E-state index in [1.807, 2.05) is 0 Å². The van der Waals surface area contributed by atoms with E-state index in [-0.39, 0.29) is 21.1 Å². The normalized spacial score (nSPS) is 22.1. The molecule has 1 aliphatic rings. The first kappa shape index (κ1) is 15.0. The maximum atomic E-state index is 8.74. The molecule has 0 aromatic rings. The zero-order valence-corrected chi connectivity index (χ0v) is 9.30. The largest absolute Gasteiger partial charge is 0.394 e. The summed E-state index contributed by atoms with van der Waals surface area (Å²) in [7, 11) is -4.67. The van der Waals surface area contributed by atoms with E-state index < -0.39 is 10.4 Å². The second kappa shape index (κ2) is 6.94. The van der Waals surface area contributed by atoms with Crippen molar-refractivity contribution in [2.45, 2.75) is 19.0 Å². The minimum absolute atomic E-state index is 0. The molecule has 0 amide bonds. The summed E-state index contributed by atoms with van der Waals surface area (Å²) in [5.74, 6) is 0. The molecular weight excluding hydrogens is 367 g/mol. The van der Waals surface area contributed by atoms with Crippen molar-refractivity contribution in [3.8, 4) is 0 Å². The van der Waals surface area contributed by atoms with Crippen LogP contribution in [0.2, 0.25) is 0 Å². The minimum atomic E-state index is -4.67. The molecule has 0 bridgehead atoms. The van der Waals surface area contributed by atoms with Crippen molar-refractivity contribution in [2.75, 3.05) is 6.54 Å². The van der Waals surface area contributed by atoms with Crippen LogP contribution in [-0.2, 0) is 31.5 Å². The second-order valence-electron chi connectivity index (χ2n) is 2.15. The van der Waals surface area contributed by atoms with Crippen LogP contribution in [0.4, 0.5) is 0 Å². The van der Waals surface area contributed by atoms with Crippen LogP contribution < -0.4 is 11.1 Å². The van der Waals surface area contributed by atoms with Gasteiger partial charge in [0.05, 0.1) is 6.17 Å². The average molecular weight is 379 g/mol. The summed E-state index contributed by atoms with van der Waals surface area (Å²) in [4.78, 5) is 0. The maximum absolute atomic E-state index is 8.74. The SMILES string of the molecule is NC1CCCN1.O=S(=O)(O)O.[Pt]. The molecule has 1 unspecified atom stereocenters. The number of hydrogen-bond acceptors (Lipinski definition) is 4. The van der Waals surface area contributed by atoms with E-state index in [0.29, 0.717) is 6.17 Å². The first-order chi connectivity index (χ1) is 4.89. The topological polar surface area (TPSA) is 113 Å². The Morgan fingerprint density at radius 1 is 1.42 bits per heavy atom. The molecule has 1 fully saturated rings. The number of nitrogens with one attached hydrogen (secondary N) is 1. The molecule has 0 aliphatic carbocycles. The fourth-order valence-electron chi connectivity index (χ4n) is 0.711. The van der Waals surface area contributed by atoms with Gasteiger partial charge in [0.2, 0.25) is 0 Å². The summed E-state index contributed by atoms with van der Waals surface area (Å²) >= 11 is 0. The summed E-state index contributed by atoms with van der Waals surface area (Å²) in [6.07, 6.45) is 2.70. The van der Waals surface area contributed by atoms with E-state index >= 15 is 0 Å². The van der Waals surface area contributed by atoms with E-state index in [0.717, 1.165) is 13.0 Å². The number of nitrogens with two attached hydrogens (primary N) is 1. The molecule has 1 atom stereocenters. The standard InChI is InChI=1S/C4H10N2.H2O4S.Pt/c5-4-2-1-3-6-4;1-5(2,3)4;/h4,6H,1-3,5H2;(H2,1,2,3,4);. The van der Waals surface area contributed by atoms with Crippen molar-refractivity contribution >= 4 is 10.4 Å². The first-order valence-corrected chi connectivity index (χ1v) is 4.48. The van der Waals surface area contributed by atoms with E-state index in [4.69, 9.17) is 23.3 Å². The molecule has 0 radical (unpaired) electrons. The van der Waals surface area contributed by atoms with Gasteiger partial charge >= 0.3 is 10.4 Å². The zero-order valence-electron chi connectivity index (χ0n) is 6.21. The van der Waals surface area contributed by atoms with Crippen LogP contribution in [0.15, 0.2) is 0 Å². The van der Waals surface area contributed by atoms with Gasteiger partial charge in [0.25, 0.3) is 0 Å². The first-order valence-electron chi connectivity index (χ1n) is 3.08. The van der Waals surface area contributed by atoms with Gasteiger partial charge in [-0.3, -0.25) is 9.11 Å². The average Bonchev–Trinajstić information content (AvgIpc) is 2.12. The summed E-state index contributed by atoms with van der Waals surface area (Å²) in [6, 6.07) is 0. The van der Waals surface area contributed by atoms with Crippen molar-refractivity contribution in [2.24, 2.45) is 5.73 Å². The number of hydrogen-bond donors (Lipinski definition) is 4. The van der Waals surface area contributed by atoms with Crippen molar-refractivity contribution < 1.29 is 38.6 Å². The maximum Gasteiger partial charge on any atom is 0.394 e. The third-order valence-electron chi connectivity index (χ3n) is 1.10. The van der Waals surface area contributed by atoms with Crippen molar-refractivity contribution in [3.63, 3.8) is 0 Å². The van der Waals surface area contributed by atoms with Crippen LogP contribution in [0.25, 0.3) is 0 Å². The van der Waals surface area contributed by atoms with Gasteiger partial charge in [0.15, 0.2) is 0 Å². The Hall–Kier alpha value is 0.478. The quantitative estimate of drug-likeness (QED) is 0.402. The van der Waals surface area contributed by atoms with E-state index in [1.54, 1.807) is 0 Å². The molecule has 0 saturated carbocycles. The minimum Gasteiger partial charge on any atom is -0.316 e. The molecule has 8 heteroatoms. The molecule has 78 valence electrons. The van der Waals surface area contributed by atoms with Gasteiger partial charge in [-0.2, -0.15) is 8.42 Å². The van der Waals surface area contributed by atoms with Crippen LogP contribution >= 0.6 is 0 Å². The second-order valence-corrected chi connectivity index (χ2v) is 3.05. The summed E-state index contributed by atoms with van der Waals surface area (Å²) in [5, 5.41) is 3.10. The molecule has 0 spiro atoms. The molecule has 1 heterocycles. The van der Waals surface area contributed by atoms with Crippen LogP contribution in [-0.4, -0.2) is 30.2 Å². The van der Waals surface area contributed by atoms with Crippen molar-refractivity contribution in [1.82, 2.24) is 5.32 Å². The van der Waals surface area contributed by atoms with Crippen molar-refractivity contribution in [3.05, 3.63) is 0 Å². The van der Waals surface area contributed by atoms with Gasteiger partial charge in [-0.05, 0) is 19.4 Å². The molecule has 5 N–H and O–H groups in total. The van der Waals surface area contributed by atoms with Gasteiger partial charge in [0, 0.05) is 21.1 Å². The fourth-order valence-corrected chi connectivity index (χ4v) is 0.711. The van der Waals surface area contributed by atoms with Crippen LogP contribution in [0.1, 0.15) is 12.8 Å². The van der Waals surface area contributed by atoms with Crippen LogP contribution in [0, 0.1) is 0 Å². The summed E-state index contributed by atoms with van der Waals surface area (Å²) in [6.45, 7) is 1.11. The molecule has 1 saturated heterocycles. The Morgan fingerprint density at radius 2 is 1.83 bits per heavy atom. The molecule has 0 aromatic heterocycles. The predicted molar refractivity (Wildman–Crippen MR) is 39.4 cm³/mol. The van der Waals surface area contributed by atoms with E-state index in [1.165, 1.54) is 6.42 Å². The van der Waals surface area contributed by atoms with Gasteiger partial charge in [0.1, 0.15) is 0 Å². The summed E-state index contributed by atoms with van der Waals surface area (Å²) in [5.41, 5.74) is 5.42. The molecule has 6 nitrogen and oxygen atoms in total.